The van der Waals surface area contributed by atoms with Crippen molar-refractivity contribution in [2.75, 3.05) is 0 Å². The molecule has 0 aromatic rings. The third-order valence-electron chi connectivity index (χ3n) is 3.24. The van der Waals surface area contributed by atoms with Crippen molar-refractivity contribution in [3.05, 3.63) is 0 Å². The zero-order chi connectivity index (χ0) is 11.9. The fourth-order valence-electron chi connectivity index (χ4n) is 2.63. The Kier molecular flexibility index (Phi) is 10.2. The smallest absolute Gasteiger partial charge is 0.0700 e. The Morgan fingerprint density at radius 3 is 1.69 bits per heavy atom. The van der Waals surface area contributed by atoms with E-state index in [9.17, 15) is 10.2 Å². The van der Waals surface area contributed by atoms with Gasteiger partial charge < -0.3 is 16.4 Å². The molecule has 3 nitrogen and oxygen atoms in total. The maximum atomic E-state index is 10.6. The van der Waals surface area contributed by atoms with E-state index in [2.05, 4.69) is 20.8 Å². The lowest BCUT2D eigenvalue weighted by Crippen LogP contribution is -2.43. The molecule has 3 heteroatoms. The van der Waals surface area contributed by atoms with Crippen LogP contribution in [-0.2, 0) is 0 Å². The Hall–Kier alpha value is -0.120. The van der Waals surface area contributed by atoms with Crippen LogP contribution in [-0.4, -0.2) is 21.9 Å². The summed E-state index contributed by atoms with van der Waals surface area (Å²) in [5.74, 6) is 0.0300. The van der Waals surface area contributed by atoms with Gasteiger partial charge in [-0.05, 0) is 26.2 Å². The summed E-state index contributed by atoms with van der Waals surface area (Å²) in [6.07, 6.45) is 5.08. The zero-order valence-electron chi connectivity index (χ0n) is 11.5. The quantitative estimate of drug-likeness (QED) is 0.602. The minimum atomic E-state index is -0.659. The summed E-state index contributed by atoms with van der Waals surface area (Å²) in [5.41, 5.74) is -0.659. The van der Waals surface area contributed by atoms with E-state index < -0.39 is 11.7 Å². The van der Waals surface area contributed by atoms with E-state index in [1.807, 2.05) is 0 Å². The van der Waals surface area contributed by atoms with Crippen molar-refractivity contribution in [3.63, 3.8) is 0 Å². The van der Waals surface area contributed by atoms with Gasteiger partial charge in [0.15, 0.2) is 0 Å². The summed E-state index contributed by atoms with van der Waals surface area (Å²) >= 11 is 0. The van der Waals surface area contributed by atoms with Crippen LogP contribution in [0.1, 0.15) is 66.2 Å². The number of hydrogen-bond acceptors (Lipinski definition) is 3. The summed E-state index contributed by atoms with van der Waals surface area (Å²) in [6.45, 7) is 8.08. The molecule has 0 aliphatic rings. The van der Waals surface area contributed by atoms with Crippen LogP contribution in [0.2, 0.25) is 0 Å². The van der Waals surface area contributed by atoms with Crippen LogP contribution >= 0.6 is 0 Å². The third kappa shape index (κ3) is 5.28. The zero-order valence-corrected chi connectivity index (χ0v) is 11.5. The molecule has 0 radical (unpaired) electrons. The predicted octanol–water partition coefficient (Wildman–Crippen LogP) is 3.28. The standard InChI is InChI=1S/C13H28O2.H3N/c1-5-8-12(11(4)14)13(15,9-6-2)10-7-3;/h11-12,14-15H,5-10H2,1-4H3;1H3. The molecule has 0 saturated heterocycles. The molecular formula is C13H31NO2. The van der Waals surface area contributed by atoms with Gasteiger partial charge in [0.2, 0.25) is 0 Å². The second-order valence-corrected chi connectivity index (χ2v) is 4.74. The van der Waals surface area contributed by atoms with Gasteiger partial charge in [-0.3, -0.25) is 0 Å². The van der Waals surface area contributed by atoms with Gasteiger partial charge in [-0.1, -0.05) is 40.0 Å². The predicted molar refractivity (Wildman–Crippen MR) is 69.9 cm³/mol. The largest absolute Gasteiger partial charge is 0.393 e. The molecule has 16 heavy (non-hydrogen) atoms. The molecule has 0 aromatic carbocycles. The summed E-state index contributed by atoms with van der Waals surface area (Å²) in [7, 11) is 0. The van der Waals surface area contributed by atoms with E-state index in [4.69, 9.17) is 0 Å². The summed E-state index contributed by atoms with van der Waals surface area (Å²) in [6, 6.07) is 0. The maximum Gasteiger partial charge on any atom is 0.0700 e. The molecule has 0 amide bonds. The summed E-state index contributed by atoms with van der Waals surface area (Å²) < 4.78 is 0. The minimum Gasteiger partial charge on any atom is -0.393 e. The van der Waals surface area contributed by atoms with Crippen LogP contribution in [0, 0.1) is 5.92 Å². The maximum absolute atomic E-state index is 10.6. The van der Waals surface area contributed by atoms with Crippen molar-refractivity contribution in [2.24, 2.45) is 5.92 Å². The van der Waals surface area contributed by atoms with E-state index in [0.717, 1.165) is 38.5 Å². The molecule has 0 rings (SSSR count). The molecule has 0 spiro atoms. The van der Waals surface area contributed by atoms with Crippen LogP contribution in [0.25, 0.3) is 0 Å². The van der Waals surface area contributed by atoms with Crippen molar-refractivity contribution >= 4 is 0 Å². The number of rotatable bonds is 8. The van der Waals surface area contributed by atoms with Crippen molar-refractivity contribution in [2.45, 2.75) is 77.9 Å². The molecule has 0 aliphatic heterocycles. The molecular weight excluding hydrogens is 202 g/mol. The first-order valence-corrected chi connectivity index (χ1v) is 6.42. The average Bonchev–Trinajstić information content (AvgIpc) is 2.14. The molecule has 2 unspecified atom stereocenters. The van der Waals surface area contributed by atoms with Crippen molar-refractivity contribution in [1.29, 1.82) is 0 Å². The first-order chi connectivity index (χ1) is 7.01. The van der Waals surface area contributed by atoms with Crippen molar-refractivity contribution in [1.82, 2.24) is 6.15 Å². The van der Waals surface area contributed by atoms with Gasteiger partial charge in [-0.25, -0.2) is 0 Å². The second-order valence-electron chi connectivity index (χ2n) is 4.74. The highest BCUT2D eigenvalue weighted by molar-refractivity contribution is 4.88. The Morgan fingerprint density at radius 1 is 1.00 bits per heavy atom. The molecule has 2 atom stereocenters. The van der Waals surface area contributed by atoms with Crippen LogP contribution < -0.4 is 6.15 Å². The first kappa shape index (κ1) is 18.3. The van der Waals surface area contributed by atoms with Crippen LogP contribution in [0.3, 0.4) is 0 Å². The number of aliphatic hydroxyl groups excluding tert-OH is 1. The van der Waals surface area contributed by atoms with Gasteiger partial charge in [0.25, 0.3) is 0 Å². The average molecular weight is 233 g/mol. The number of hydrogen-bond donors (Lipinski definition) is 3. The Morgan fingerprint density at radius 2 is 1.44 bits per heavy atom. The fraction of sp³-hybridized carbons (Fsp3) is 1.00. The molecule has 0 fully saturated rings. The summed E-state index contributed by atoms with van der Waals surface area (Å²) in [5, 5.41) is 20.4. The normalized spacial score (nSPS) is 15.4. The first-order valence-electron chi connectivity index (χ1n) is 6.42. The molecule has 5 N–H and O–H groups in total. The monoisotopic (exact) mass is 233 g/mol. The minimum absolute atomic E-state index is 0. The van der Waals surface area contributed by atoms with Gasteiger partial charge in [0, 0.05) is 5.92 Å². The fourth-order valence-corrected chi connectivity index (χ4v) is 2.63. The van der Waals surface area contributed by atoms with Crippen LogP contribution in [0.5, 0.6) is 0 Å². The third-order valence-corrected chi connectivity index (χ3v) is 3.24. The highest BCUT2D eigenvalue weighted by Crippen LogP contribution is 2.33. The molecule has 0 heterocycles. The molecule has 0 bridgehead atoms. The van der Waals surface area contributed by atoms with E-state index in [-0.39, 0.29) is 12.1 Å². The van der Waals surface area contributed by atoms with Gasteiger partial charge in [-0.2, -0.15) is 0 Å². The lowest BCUT2D eigenvalue weighted by atomic mass is 9.75. The highest BCUT2D eigenvalue weighted by Gasteiger charge is 2.36. The number of aliphatic hydroxyl groups is 2. The van der Waals surface area contributed by atoms with Crippen molar-refractivity contribution in [3.8, 4) is 0 Å². The lowest BCUT2D eigenvalue weighted by molar-refractivity contribution is -0.0817. The Bertz CT molecular complexity index is 154. The van der Waals surface area contributed by atoms with Gasteiger partial charge in [0.1, 0.15) is 0 Å². The van der Waals surface area contributed by atoms with Gasteiger partial charge in [-0.15, -0.1) is 0 Å². The lowest BCUT2D eigenvalue weighted by Gasteiger charge is -2.38. The van der Waals surface area contributed by atoms with E-state index in [1.165, 1.54) is 0 Å². The van der Waals surface area contributed by atoms with Crippen LogP contribution in [0.15, 0.2) is 0 Å². The van der Waals surface area contributed by atoms with E-state index in [0.29, 0.717) is 0 Å². The van der Waals surface area contributed by atoms with Gasteiger partial charge >= 0.3 is 0 Å². The molecule has 0 aliphatic carbocycles. The van der Waals surface area contributed by atoms with E-state index in [1.54, 1.807) is 6.92 Å². The molecule has 0 aromatic heterocycles. The van der Waals surface area contributed by atoms with Gasteiger partial charge in [0.05, 0.1) is 11.7 Å². The molecule has 0 saturated carbocycles. The Balaban J connectivity index is 0. The van der Waals surface area contributed by atoms with Crippen LogP contribution in [0.4, 0.5) is 0 Å². The topological polar surface area (TPSA) is 75.5 Å². The molecule has 100 valence electrons. The Labute approximate surface area is 101 Å². The SMILES string of the molecule is CCCC(C(C)O)C(O)(CCC)CCC.N. The highest BCUT2D eigenvalue weighted by atomic mass is 16.3. The van der Waals surface area contributed by atoms with Crippen molar-refractivity contribution < 1.29 is 10.2 Å². The van der Waals surface area contributed by atoms with E-state index >= 15 is 0 Å². The summed E-state index contributed by atoms with van der Waals surface area (Å²) in [4.78, 5) is 0. The second kappa shape index (κ2) is 8.97.